The Hall–Kier alpha value is -3.16. The number of amides is 1. The van der Waals surface area contributed by atoms with E-state index in [9.17, 15) is 4.79 Å². The van der Waals surface area contributed by atoms with Crippen LogP contribution in [0.2, 0.25) is 5.02 Å². The highest BCUT2D eigenvalue weighted by atomic mass is 35.5. The molecule has 0 spiro atoms. The van der Waals surface area contributed by atoms with Gasteiger partial charge in [-0.1, -0.05) is 53.7 Å². The molecule has 2 aromatic carbocycles. The second-order valence-corrected chi connectivity index (χ2v) is 8.56. The highest BCUT2D eigenvalue weighted by Gasteiger charge is 2.18. The summed E-state index contributed by atoms with van der Waals surface area (Å²) in [4.78, 5) is 16.5. The van der Waals surface area contributed by atoms with E-state index in [2.05, 4.69) is 20.5 Å². The van der Waals surface area contributed by atoms with E-state index < -0.39 is 0 Å². The lowest BCUT2D eigenvalue weighted by molar-refractivity contribution is -0.118. The molecule has 2 heterocycles. The van der Waals surface area contributed by atoms with Gasteiger partial charge in [-0.15, -0.1) is 10.2 Å². The second kappa shape index (κ2) is 10.4. The number of halogens is 1. The predicted octanol–water partition coefficient (Wildman–Crippen LogP) is 4.74. The normalized spacial score (nSPS) is 10.8. The van der Waals surface area contributed by atoms with Crippen molar-refractivity contribution in [2.45, 2.75) is 18.5 Å². The molecule has 0 aliphatic rings. The molecule has 32 heavy (non-hydrogen) atoms. The molecule has 0 aliphatic heterocycles. The number of para-hydroxylation sites is 1. The molecule has 0 saturated heterocycles. The molecule has 6 nitrogen and oxygen atoms in total. The molecular weight excluding hydrogens is 442 g/mol. The fourth-order valence-electron chi connectivity index (χ4n) is 3.26. The van der Waals surface area contributed by atoms with Crippen molar-refractivity contribution >= 4 is 29.3 Å². The van der Waals surface area contributed by atoms with Crippen LogP contribution in [0.15, 0.2) is 78.2 Å². The first-order valence-corrected chi connectivity index (χ1v) is 11.5. The molecule has 0 radical (unpaired) electrons. The lowest BCUT2D eigenvalue weighted by Gasteiger charge is -2.13. The van der Waals surface area contributed by atoms with Crippen LogP contribution in [0.5, 0.6) is 0 Å². The summed E-state index contributed by atoms with van der Waals surface area (Å²) in [6.07, 6.45) is 4.21. The van der Waals surface area contributed by atoms with E-state index in [-0.39, 0.29) is 11.7 Å². The monoisotopic (exact) mass is 463 g/mol. The number of benzene rings is 2. The summed E-state index contributed by atoms with van der Waals surface area (Å²) in [5, 5.41) is 13.1. The van der Waals surface area contributed by atoms with Gasteiger partial charge in [0.1, 0.15) is 0 Å². The number of rotatable bonds is 8. The quantitative estimate of drug-likeness (QED) is 0.382. The molecule has 4 aromatic rings. The molecule has 162 valence electrons. The standard InChI is InChI=1S/C24H22ClN5OS/c1-17-4-2-3-5-21(17)30-23(19-11-13-26-14-12-19)28-29-24(30)32-16-22(31)27-15-10-18-6-8-20(25)9-7-18/h2-9,11-14H,10,15-16H2,1H3,(H,27,31). The molecule has 4 rings (SSSR count). The summed E-state index contributed by atoms with van der Waals surface area (Å²) in [6.45, 7) is 2.61. The van der Waals surface area contributed by atoms with Crippen molar-refractivity contribution in [2.75, 3.05) is 12.3 Å². The number of carbonyl (C=O) groups is 1. The Morgan fingerprint density at radius 2 is 1.78 bits per heavy atom. The van der Waals surface area contributed by atoms with Crippen molar-refractivity contribution < 1.29 is 4.79 Å². The second-order valence-electron chi connectivity index (χ2n) is 7.18. The summed E-state index contributed by atoms with van der Waals surface area (Å²) in [7, 11) is 0. The van der Waals surface area contributed by atoms with Gasteiger partial charge >= 0.3 is 0 Å². The molecule has 0 atom stereocenters. The Labute approximate surface area is 196 Å². The van der Waals surface area contributed by atoms with E-state index in [0.29, 0.717) is 22.5 Å². The summed E-state index contributed by atoms with van der Waals surface area (Å²) in [5.74, 6) is 0.919. The van der Waals surface area contributed by atoms with E-state index in [4.69, 9.17) is 11.6 Å². The van der Waals surface area contributed by atoms with Crippen molar-refractivity contribution in [2.24, 2.45) is 0 Å². The maximum atomic E-state index is 12.4. The molecule has 2 aromatic heterocycles. The largest absolute Gasteiger partial charge is 0.355 e. The van der Waals surface area contributed by atoms with Crippen molar-refractivity contribution in [3.8, 4) is 17.1 Å². The zero-order chi connectivity index (χ0) is 22.3. The topological polar surface area (TPSA) is 72.7 Å². The van der Waals surface area contributed by atoms with Gasteiger partial charge in [-0.25, -0.2) is 0 Å². The zero-order valence-corrected chi connectivity index (χ0v) is 19.1. The van der Waals surface area contributed by atoms with Gasteiger partial charge in [0.15, 0.2) is 11.0 Å². The predicted molar refractivity (Wildman–Crippen MR) is 128 cm³/mol. The van der Waals surface area contributed by atoms with Gasteiger partial charge in [0, 0.05) is 29.5 Å². The third-order valence-electron chi connectivity index (χ3n) is 4.91. The average Bonchev–Trinajstić information content (AvgIpc) is 3.23. The lowest BCUT2D eigenvalue weighted by atomic mass is 10.1. The molecule has 0 bridgehead atoms. The van der Waals surface area contributed by atoms with Crippen molar-refractivity contribution in [3.05, 3.63) is 89.2 Å². The van der Waals surface area contributed by atoms with E-state index in [1.54, 1.807) is 12.4 Å². The number of thioether (sulfide) groups is 1. The van der Waals surface area contributed by atoms with Gasteiger partial charge in [0.2, 0.25) is 5.91 Å². The van der Waals surface area contributed by atoms with Crippen LogP contribution in [-0.4, -0.2) is 38.0 Å². The SMILES string of the molecule is Cc1ccccc1-n1c(SCC(=O)NCCc2ccc(Cl)cc2)nnc1-c1ccncc1. The van der Waals surface area contributed by atoms with Gasteiger partial charge in [-0.3, -0.25) is 14.3 Å². The highest BCUT2D eigenvalue weighted by Crippen LogP contribution is 2.29. The molecule has 1 amide bonds. The van der Waals surface area contributed by atoms with E-state index in [0.717, 1.165) is 28.8 Å². The Bertz CT molecular complexity index is 1190. The van der Waals surface area contributed by atoms with Crippen LogP contribution in [0.1, 0.15) is 11.1 Å². The van der Waals surface area contributed by atoms with Gasteiger partial charge < -0.3 is 5.32 Å². The first-order chi connectivity index (χ1) is 15.6. The van der Waals surface area contributed by atoms with Gasteiger partial charge in [0.05, 0.1) is 11.4 Å². The van der Waals surface area contributed by atoms with E-state index in [1.165, 1.54) is 11.8 Å². The molecule has 0 aliphatic carbocycles. The molecule has 1 N–H and O–H groups in total. The first-order valence-electron chi connectivity index (χ1n) is 10.2. The molecule has 8 heteroatoms. The fraction of sp³-hybridized carbons (Fsp3) is 0.167. The summed E-state index contributed by atoms with van der Waals surface area (Å²) in [6, 6.07) is 19.5. The Balaban J connectivity index is 1.46. The molecule has 0 unspecified atom stereocenters. The Morgan fingerprint density at radius 3 is 2.53 bits per heavy atom. The first kappa shape index (κ1) is 22.0. The summed E-state index contributed by atoms with van der Waals surface area (Å²) in [5.41, 5.74) is 4.12. The summed E-state index contributed by atoms with van der Waals surface area (Å²) < 4.78 is 2.00. The van der Waals surface area contributed by atoms with Crippen molar-refractivity contribution in [1.29, 1.82) is 0 Å². The Kier molecular flexibility index (Phi) is 7.19. The van der Waals surface area contributed by atoms with Crippen LogP contribution in [0, 0.1) is 6.92 Å². The number of carbonyl (C=O) groups excluding carboxylic acids is 1. The third-order valence-corrected chi connectivity index (χ3v) is 6.09. The third kappa shape index (κ3) is 5.36. The smallest absolute Gasteiger partial charge is 0.230 e. The zero-order valence-electron chi connectivity index (χ0n) is 17.5. The van der Waals surface area contributed by atoms with Crippen LogP contribution < -0.4 is 5.32 Å². The minimum Gasteiger partial charge on any atom is -0.355 e. The number of pyridine rings is 1. The number of nitrogens with one attached hydrogen (secondary N) is 1. The molecular formula is C24H22ClN5OS. The Morgan fingerprint density at radius 1 is 1.03 bits per heavy atom. The van der Waals surface area contributed by atoms with Gasteiger partial charge in [-0.05, 0) is 54.8 Å². The number of aryl methyl sites for hydroxylation is 1. The molecule has 0 fully saturated rings. The number of aromatic nitrogens is 4. The average molecular weight is 464 g/mol. The number of nitrogens with zero attached hydrogens (tertiary/aromatic N) is 4. The highest BCUT2D eigenvalue weighted by molar-refractivity contribution is 7.99. The van der Waals surface area contributed by atoms with Crippen LogP contribution >= 0.6 is 23.4 Å². The maximum Gasteiger partial charge on any atom is 0.230 e. The minimum absolute atomic E-state index is 0.0474. The summed E-state index contributed by atoms with van der Waals surface area (Å²) >= 11 is 7.28. The fourth-order valence-corrected chi connectivity index (χ4v) is 4.16. The van der Waals surface area contributed by atoms with Crippen LogP contribution in [-0.2, 0) is 11.2 Å². The number of hydrogen-bond donors (Lipinski definition) is 1. The van der Waals surface area contributed by atoms with Crippen LogP contribution in [0.3, 0.4) is 0 Å². The van der Waals surface area contributed by atoms with Crippen molar-refractivity contribution in [1.82, 2.24) is 25.1 Å². The van der Waals surface area contributed by atoms with E-state index in [1.807, 2.05) is 72.2 Å². The van der Waals surface area contributed by atoms with E-state index >= 15 is 0 Å². The van der Waals surface area contributed by atoms with Crippen LogP contribution in [0.4, 0.5) is 0 Å². The van der Waals surface area contributed by atoms with Crippen LogP contribution in [0.25, 0.3) is 17.1 Å². The van der Waals surface area contributed by atoms with Crippen molar-refractivity contribution in [3.63, 3.8) is 0 Å². The maximum absolute atomic E-state index is 12.4. The molecule has 0 saturated carbocycles. The van der Waals surface area contributed by atoms with Gasteiger partial charge in [-0.2, -0.15) is 0 Å². The lowest BCUT2D eigenvalue weighted by Crippen LogP contribution is -2.27. The number of hydrogen-bond acceptors (Lipinski definition) is 5. The van der Waals surface area contributed by atoms with Gasteiger partial charge in [0.25, 0.3) is 0 Å². The minimum atomic E-state index is -0.0474.